The molecule has 0 saturated heterocycles. The Labute approximate surface area is 116 Å². The summed E-state index contributed by atoms with van der Waals surface area (Å²) in [6, 6.07) is 1.62. The first-order valence-electron chi connectivity index (χ1n) is 5.71. The lowest BCUT2D eigenvalue weighted by Crippen LogP contribution is -2.43. The summed E-state index contributed by atoms with van der Waals surface area (Å²) >= 11 is 0. The lowest BCUT2D eigenvalue weighted by molar-refractivity contribution is 0.0660. The third-order valence-electron chi connectivity index (χ3n) is 2.23. The van der Waals surface area contributed by atoms with E-state index in [9.17, 15) is 18.0 Å². The monoisotopic (exact) mass is 304 g/mol. The fraction of sp³-hybridized carbons (Fsp3) is 0.455. The Morgan fingerprint density at radius 2 is 2.05 bits per heavy atom. The third kappa shape index (κ3) is 5.74. The summed E-state index contributed by atoms with van der Waals surface area (Å²) in [5, 5.41) is 13.5. The first-order chi connectivity index (χ1) is 9.17. The van der Waals surface area contributed by atoms with E-state index in [1.165, 1.54) is 12.1 Å². The highest BCUT2D eigenvalue weighted by Gasteiger charge is 2.14. The average molecular weight is 304 g/mol. The van der Waals surface area contributed by atoms with E-state index in [1.807, 2.05) is 0 Å². The zero-order valence-corrected chi connectivity index (χ0v) is 11.9. The molecule has 112 valence electrons. The molecule has 1 unspecified atom stereocenters. The second kappa shape index (κ2) is 6.42. The van der Waals surface area contributed by atoms with Crippen molar-refractivity contribution in [3.8, 4) is 0 Å². The Hall–Kier alpha value is -2.03. The second-order valence-corrected chi connectivity index (χ2v) is 6.58. The van der Waals surface area contributed by atoms with Crippen LogP contribution in [0.2, 0.25) is 0 Å². The van der Waals surface area contributed by atoms with E-state index in [4.69, 9.17) is 9.52 Å². The molecule has 0 bridgehead atoms. The molecule has 20 heavy (non-hydrogen) atoms. The molecule has 0 aliphatic heterocycles. The van der Waals surface area contributed by atoms with Crippen LogP contribution in [0, 0.1) is 0 Å². The number of hydrogen-bond donors (Lipinski definition) is 3. The minimum atomic E-state index is -3.17. The van der Waals surface area contributed by atoms with Gasteiger partial charge >= 0.3 is 12.0 Å². The van der Waals surface area contributed by atoms with Gasteiger partial charge in [0.15, 0.2) is 0 Å². The first kappa shape index (κ1) is 16.0. The number of urea groups is 1. The maximum Gasteiger partial charge on any atom is 0.371 e. The fourth-order valence-electron chi connectivity index (χ4n) is 1.53. The molecule has 0 aromatic carbocycles. The van der Waals surface area contributed by atoms with Gasteiger partial charge in [0.2, 0.25) is 5.76 Å². The van der Waals surface area contributed by atoms with Gasteiger partial charge in [-0.3, -0.25) is 0 Å². The summed E-state index contributed by atoms with van der Waals surface area (Å²) in [6.45, 7) is 1.57. The molecule has 1 rings (SSSR count). The van der Waals surface area contributed by atoms with Crippen LogP contribution < -0.4 is 10.6 Å². The van der Waals surface area contributed by atoms with Gasteiger partial charge in [0.05, 0.1) is 12.3 Å². The van der Waals surface area contributed by atoms with Crippen molar-refractivity contribution in [3.63, 3.8) is 0 Å². The number of sulfone groups is 1. The van der Waals surface area contributed by atoms with E-state index in [2.05, 4.69) is 10.6 Å². The molecular weight excluding hydrogens is 288 g/mol. The van der Waals surface area contributed by atoms with Gasteiger partial charge in [-0.15, -0.1) is 0 Å². The van der Waals surface area contributed by atoms with Crippen molar-refractivity contribution in [1.82, 2.24) is 10.6 Å². The second-order valence-electron chi connectivity index (χ2n) is 4.39. The molecule has 0 spiro atoms. The number of carboxylic acids is 1. The maximum atomic E-state index is 11.5. The van der Waals surface area contributed by atoms with E-state index in [0.717, 1.165) is 6.26 Å². The van der Waals surface area contributed by atoms with E-state index < -0.39 is 27.9 Å². The Kier molecular flexibility index (Phi) is 5.14. The molecule has 8 nitrogen and oxygen atoms in total. The van der Waals surface area contributed by atoms with Crippen LogP contribution in [-0.4, -0.2) is 43.6 Å². The van der Waals surface area contributed by atoms with E-state index in [-0.39, 0.29) is 23.8 Å². The van der Waals surface area contributed by atoms with E-state index >= 15 is 0 Å². The number of carbonyl (C=O) groups excluding carboxylic acids is 1. The Morgan fingerprint density at radius 1 is 1.40 bits per heavy atom. The molecule has 0 radical (unpaired) electrons. The smallest absolute Gasteiger partial charge is 0.371 e. The highest BCUT2D eigenvalue weighted by molar-refractivity contribution is 7.90. The van der Waals surface area contributed by atoms with Crippen molar-refractivity contribution in [2.45, 2.75) is 19.5 Å². The lowest BCUT2D eigenvalue weighted by Gasteiger charge is -2.13. The van der Waals surface area contributed by atoms with E-state index in [1.54, 1.807) is 6.92 Å². The zero-order chi connectivity index (χ0) is 15.3. The maximum absolute atomic E-state index is 11.5. The number of furan rings is 1. The molecule has 0 fully saturated rings. The van der Waals surface area contributed by atoms with E-state index in [0.29, 0.717) is 0 Å². The summed E-state index contributed by atoms with van der Waals surface area (Å²) in [4.78, 5) is 22.1. The topological polar surface area (TPSA) is 126 Å². The molecule has 9 heteroatoms. The molecule has 0 aliphatic carbocycles. The number of hydrogen-bond acceptors (Lipinski definition) is 5. The molecule has 3 N–H and O–H groups in total. The lowest BCUT2D eigenvalue weighted by atomic mass is 10.4. The molecule has 1 atom stereocenters. The Bertz CT molecular complexity index is 592. The molecular formula is C11H16N2O6S. The van der Waals surface area contributed by atoms with Gasteiger partial charge in [0.25, 0.3) is 0 Å². The van der Waals surface area contributed by atoms with Crippen LogP contribution in [0.3, 0.4) is 0 Å². The molecule has 1 heterocycles. The SMILES string of the molecule is CC(CS(C)(=O)=O)NC(=O)NCc1ccc(C(=O)O)o1. The molecule has 1 aromatic rings. The Balaban J connectivity index is 2.41. The van der Waals surface area contributed by atoms with Crippen molar-refractivity contribution < 1.29 is 27.5 Å². The molecule has 0 saturated carbocycles. The van der Waals surface area contributed by atoms with Crippen molar-refractivity contribution in [2.24, 2.45) is 0 Å². The van der Waals surface area contributed by atoms with Crippen molar-refractivity contribution in [3.05, 3.63) is 23.7 Å². The summed E-state index contributed by atoms with van der Waals surface area (Å²) in [5.41, 5.74) is 0. The standard InChI is InChI=1S/C11H16N2O6S/c1-7(6-20(2,17)18)13-11(16)12-5-8-3-4-9(19-8)10(14)15/h3-4,7H,5-6H2,1-2H3,(H,14,15)(H2,12,13,16). The van der Waals surface area contributed by atoms with Crippen LogP contribution in [0.4, 0.5) is 4.79 Å². The van der Waals surface area contributed by atoms with Crippen LogP contribution in [-0.2, 0) is 16.4 Å². The van der Waals surface area contributed by atoms with Gasteiger partial charge in [-0.1, -0.05) is 0 Å². The van der Waals surface area contributed by atoms with Crippen LogP contribution in [0.15, 0.2) is 16.5 Å². The molecule has 0 aliphatic rings. The largest absolute Gasteiger partial charge is 0.475 e. The number of rotatable bonds is 6. The Morgan fingerprint density at radius 3 is 2.55 bits per heavy atom. The number of carbonyl (C=O) groups is 2. The van der Waals surface area contributed by atoms with Crippen LogP contribution in [0.25, 0.3) is 0 Å². The highest BCUT2D eigenvalue weighted by Crippen LogP contribution is 2.07. The third-order valence-corrected chi connectivity index (χ3v) is 3.33. The summed E-state index contributed by atoms with van der Waals surface area (Å²) < 4.78 is 27.0. The average Bonchev–Trinajstić information content (AvgIpc) is 2.72. The normalized spacial score (nSPS) is 12.7. The van der Waals surface area contributed by atoms with Gasteiger partial charge in [-0.25, -0.2) is 18.0 Å². The quantitative estimate of drug-likeness (QED) is 0.689. The minimum absolute atomic E-state index is 0.00467. The summed E-state index contributed by atoms with van der Waals surface area (Å²) in [5.74, 6) is -1.28. The zero-order valence-electron chi connectivity index (χ0n) is 11.0. The number of carboxylic acid groups (broad SMARTS) is 1. The molecule has 1 aromatic heterocycles. The van der Waals surface area contributed by atoms with Crippen molar-refractivity contribution in [2.75, 3.05) is 12.0 Å². The van der Waals surface area contributed by atoms with Crippen LogP contribution in [0.1, 0.15) is 23.2 Å². The van der Waals surface area contributed by atoms with Crippen LogP contribution in [0.5, 0.6) is 0 Å². The van der Waals surface area contributed by atoms with Crippen molar-refractivity contribution in [1.29, 1.82) is 0 Å². The van der Waals surface area contributed by atoms with Crippen LogP contribution >= 0.6 is 0 Å². The van der Waals surface area contributed by atoms with Gasteiger partial charge in [0, 0.05) is 12.3 Å². The summed E-state index contributed by atoms with van der Waals surface area (Å²) in [7, 11) is -3.17. The fourth-order valence-corrected chi connectivity index (χ4v) is 2.52. The summed E-state index contributed by atoms with van der Waals surface area (Å²) in [6.07, 6.45) is 1.08. The minimum Gasteiger partial charge on any atom is -0.475 e. The van der Waals surface area contributed by atoms with Gasteiger partial charge in [-0.05, 0) is 19.1 Å². The number of aromatic carboxylic acids is 1. The number of amides is 2. The van der Waals surface area contributed by atoms with Gasteiger partial charge < -0.3 is 20.2 Å². The van der Waals surface area contributed by atoms with Gasteiger partial charge in [-0.2, -0.15) is 0 Å². The first-order valence-corrected chi connectivity index (χ1v) is 7.77. The van der Waals surface area contributed by atoms with Gasteiger partial charge in [0.1, 0.15) is 15.6 Å². The predicted molar refractivity (Wildman–Crippen MR) is 70.2 cm³/mol. The predicted octanol–water partition coefficient (Wildman–Crippen LogP) is 0.210. The molecule has 2 amide bonds. The highest BCUT2D eigenvalue weighted by atomic mass is 32.2. The number of nitrogens with one attached hydrogen (secondary N) is 2. The van der Waals surface area contributed by atoms with Crippen molar-refractivity contribution >= 4 is 21.8 Å².